The minimum Gasteiger partial charge on any atom is -0.349 e. The summed E-state index contributed by atoms with van der Waals surface area (Å²) >= 11 is 0. The molecule has 0 aliphatic carbocycles. The largest absolute Gasteiger partial charge is 0.349 e. The van der Waals surface area contributed by atoms with E-state index in [1.165, 1.54) is 4.90 Å². The molecule has 0 saturated carbocycles. The standard InChI is InChI=1S/C27H28N2O3/c1-27(2,3)28-25(31)23(24(30)21-15-9-5-10-16-21)29(19-20-13-7-4-8-14-20)26(32)22-17-11-6-12-18-22/h4-18,23H,19H2,1-3H3,(H,28,31). The van der Waals surface area contributed by atoms with Crippen molar-refractivity contribution in [1.29, 1.82) is 0 Å². The highest BCUT2D eigenvalue weighted by Crippen LogP contribution is 2.19. The molecular formula is C27H28N2O3. The third-order valence-corrected chi connectivity index (χ3v) is 4.84. The molecule has 0 fully saturated rings. The lowest BCUT2D eigenvalue weighted by molar-refractivity contribution is -0.125. The number of amides is 2. The lowest BCUT2D eigenvalue weighted by Gasteiger charge is -2.33. The molecule has 5 heteroatoms. The van der Waals surface area contributed by atoms with Gasteiger partial charge in [-0.25, -0.2) is 0 Å². The SMILES string of the molecule is CC(C)(C)NC(=O)C(C(=O)c1ccccc1)N(Cc1ccccc1)C(=O)c1ccccc1. The van der Waals surface area contributed by atoms with E-state index in [1.807, 2.05) is 57.2 Å². The molecule has 0 heterocycles. The fourth-order valence-electron chi connectivity index (χ4n) is 3.41. The molecule has 32 heavy (non-hydrogen) atoms. The average molecular weight is 429 g/mol. The van der Waals surface area contributed by atoms with E-state index in [4.69, 9.17) is 0 Å². The van der Waals surface area contributed by atoms with Crippen LogP contribution < -0.4 is 5.32 Å². The maximum absolute atomic E-state index is 13.6. The van der Waals surface area contributed by atoms with E-state index < -0.39 is 23.3 Å². The number of rotatable bonds is 7. The highest BCUT2D eigenvalue weighted by Gasteiger charge is 2.38. The number of hydrogen-bond donors (Lipinski definition) is 1. The van der Waals surface area contributed by atoms with Crippen molar-refractivity contribution in [2.24, 2.45) is 0 Å². The number of ketones is 1. The normalized spacial score (nSPS) is 12.0. The topological polar surface area (TPSA) is 66.5 Å². The molecule has 3 aromatic carbocycles. The van der Waals surface area contributed by atoms with Crippen LogP contribution in [0.5, 0.6) is 0 Å². The minimum absolute atomic E-state index is 0.120. The number of nitrogens with zero attached hydrogens (tertiary/aromatic N) is 1. The Bertz CT molecular complexity index is 1060. The summed E-state index contributed by atoms with van der Waals surface area (Å²) < 4.78 is 0. The van der Waals surface area contributed by atoms with Gasteiger partial charge >= 0.3 is 0 Å². The summed E-state index contributed by atoms with van der Waals surface area (Å²) in [5.41, 5.74) is 1.05. The zero-order chi connectivity index (χ0) is 23.1. The molecule has 1 unspecified atom stereocenters. The van der Waals surface area contributed by atoms with E-state index in [2.05, 4.69) is 5.32 Å². The van der Waals surface area contributed by atoms with Crippen LogP contribution in [0.15, 0.2) is 91.0 Å². The Balaban J connectivity index is 2.09. The van der Waals surface area contributed by atoms with Crippen LogP contribution in [-0.4, -0.2) is 34.1 Å². The van der Waals surface area contributed by atoms with Gasteiger partial charge in [0.2, 0.25) is 0 Å². The molecule has 1 N–H and O–H groups in total. The molecular weight excluding hydrogens is 400 g/mol. The van der Waals surface area contributed by atoms with Crippen LogP contribution in [0.4, 0.5) is 0 Å². The van der Waals surface area contributed by atoms with Crippen molar-refractivity contribution in [3.63, 3.8) is 0 Å². The van der Waals surface area contributed by atoms with E-state index >= 15 is 0 Å². The highest BCUT2D eigenvalue weighted by atomic mass is 16.2. The highest BCUT2D eigenvalue weighted by molar-refractivity contribution is 6.16. The van der Waals surface area contributed by atoms with Gasteiger partial charge in [0.15, 0.2) is 11.8 Å². The van der Waals surface area contributed by atoms with E-state index in [9.17, 15) is 14.4 Å². The fourth-order valence-corrected chi connectivity index (χ4v) is 3.41. The van der Waals surface area contributed by atoms with Crippen molar-refractivity contribution in [3.8, 4) is 0 Å². The smallest absolute Gasteiger partial charge is 0.255 e. The van der Waals surface area contributed by atoms with Crippen LogP contribution >= 0.6 is 0 Å². The predicted molar refractivity (Wildman–Crippen MR) is 125 cm³/mol. The van der Waals surface area contributed by atoms with E-state index in [-0.39, 0.29) is 12.5 Å². The first kappa shape index (κ1) is 22.9. The molecule has 1 atom stereocenters. The summed E-state index contributed by atoms with van der Waals surface area (Å²) in [5, 5.41) is 2.89. The quantitative estimate of drug-likeness (QED) is 0.445. The molecule has 3 rings (SSSR count). The summed E-state index contributed by atoms with van der Waals surface area (Å²) in [4.78, 5) is 42.0. The van der Waals surface area contributed by atoms with Crippen molar-refractivity contribution < 1.29 is 14.4 Å². The number of carbonyl (C=O) groups is 3. The van der Waals surface area contributed by atoms with Crippen molar-refractivity contribution in [2.45, 2.75) is 38.9 Å². The van der Waals surface area contributed by atoms with Crippen LogP contribution in [0.3, 0.4) is 0 Å². The van der Waals surface area contributed by atoms with Gasteiger partial charge in [0.1, 0.15) is 0 Å². The van der Waals surface area contributed by atoms with E-state index in [0.29, 0.717) is 11.1 Å². The van der Waals surface area contributed by atoms with Crippen LogP contribution in [-0.2, 0) is 11.3 Å². The molecule has 0 spiro atoms. The number of benzene rings is 3. The number of nitrogens with one attached hydrogen (secondary N) is 1. The third-order valence-electron chi connectivity index (χ3n) is 4.84. The zero-order valence-corrected chi connectivity index (χ0v) is 18.6. The van der Waals surface area contributed by atoms with E-state index in [1.54, 1.807) is 54.6 Å². The number of hydrogen-bond acceptors (Lipinski definition) is 3. The molecule has 0 aliphatic heterocycles. The van der Waals surface area contributed by atoms with Gasteiger partial charge < -0.3 is 10.2 Å². The van der Waals surface area contributed by atoms with Crippen LogP contribution in [0.25, 0.3) is 0 Å². The van der Waals surface area contributed by atoms with E-state index in [0.717, 1.165) is 5.56 Å². The molecule has 3 aromatic rings. The Morgan fingerprint density at radius 2 is 1.22 bits per heavy atom. The lowest BCUT2D eigenvalue weighted by Crippen LogP contribution is -2.56. The first-order valence-electron chi connectivity index (χ1n) is 10.6. The van der Waals surface area contributed by atoms with Crippen LogP contribution in [0.1, 0.15) is 47.1 Å². The molecule has 0 aliphatic rings. The minimum atomic E-state index is -1.32. The summed E-state index contributed by atoms with van der Waals surface area (Å²) in [5.74, 6) is -1.31. The van der Waals surface area contributed by atoms with Gasteiger partial charge in [-0.05, 0) is 38.5 Å². The zero-order valence-electron chi connectivity index (χ0n) is 18.6. The van der Waals surface area contributed by atoms with Gasteiger partial charge in [-0.1, -0.05) is 78.9 Å². The maximum Gasteiger partial charge on any atom is 0.255 e. The molecule has 5 nitrogen and oxygen atoms in total. The number of Topliss-reactive ketones (excluding diaryl/α,β-unsaturated/α-hetero) is 1. The van der Waals surface area contributed by atoms with Gasteiger partial charge in [0.25, 0.3) is 11.8 Å². The lowest BCUT2D eigenvalue weighted by atomic mass is 9.98. The van der Waals surface area contributed by atoms with Gasteiger partial charge in [-0.3, -0.25) is 14.4 Å². The third kappa shape index (κ3) is 5.91. The van der Waals surface area contributed by atoms with Gasteiger partial charge in [-0.15, -0.1) is 0 Å². The fraction of sp³-hybridized carbons (Fsp3) is 0.222. The second kappa shape index (κ2) is 10.1. The predicted octanol–water partition coefficient (Wildman–Crippen LogP) is 4.50. The Hall–Kier alpha value is -3.73. The van der Waals surface area contributed by atoms with Gasteiger partial charge in [-0.2, -0.15) is 0 Å². The molecule has 164 valence electrons. The summed E-state index contributed by atoms with van der Waals surface area (Å²) in [6, 6.07) is 25.4. The molecule has 0 radical (unpaired) electrons. The summed E-state index contributed by atoms with van der Waals surface area (Å²) in [6.07, 6.45) is 0. The Kier molecular flexibility index (Phi) is 7.21. The second-order valence-electron chi connectivity index (χ2n) is 8.66. The summed E-state index contributed by atoms with van der Waals surface area (Å²) in [6.45, 7) is 5.65. The van der Waals surface area contributed by atoms with Crippen LogP contribution in [0, 0.1) is 0 Å². The molecule has 0 saturated heterocycles. The van der Waals surface area contributed by atoms with Crippen LogP contribution in [0.2, 0.25) is 0 Å². The average Bonchev–Trinajstić information content (AvgIpc) is 2.78. The molecule has 0 bridgehead atoms. The first-order chi connectivity index (χ1) is 15.3. The van der Waals surface area contributed by atoms with Gasteiger partial charge in [0.05, 0.1) is 0 Å². The Labute approximate surface area is 189 Å². The van der Waals surface area contributed by atoms with Crippen molar-refractivity contribution in [1.82, 2.24) is 10.2 Å². The van der Waals surface area contributed by atoms with Crippen molar-refractivity contribution in [2.75, 3.05) is 0 Å². The molecule has 0 aromatic heterocycles. The monoisotopic (exact) mass is 428 g/mol. The first-order valence-corrected chi connectivity index (χ1v) is 10.6. The number of carbonyl (C=O) groups excluding carboxylic acids is 3. The summed E-state index contributed by atoms with van der Waals surface area (Å²) in [7, 11) is 0. The van der Waals surface area contributed by atoms with Crippen molar-refractivity contribution in [3.05, 3.63) is 108 Å². The second-order valence-corrected chi connectivity index (χ2v) is 8.66. The molecule has 2 amide bonds. The Morgan fingerprint density at radius 3 is 1.72 bits per heavy atom. The maximum atomic E-state index is 13.6. The van der Waals surface area contributed by atoms with Gasteiger partial charge in [0, 0.05) is 23.2 Å². The van der Waals surface area contributed by atoms with Crippen molar-refractivity contribution >= 4 is 17.6 Å². The Morgan fingerprint density at radius 1 is 0.750 bits per heavy atom.